The summed E-state index contributed by atoms with van der Waals surface area (Å²) in [5.41, 5.74) is 11.5. The molecule has 0 saturated heterocycles. The molecule has 1 aliphatic heterocycles. The van der Waals surface area contributed by atoms with Crippen molar-refractivity contribution < 1.29 is 9.31 Å². The Kier molecular flexibility index (Phi) is 9.12. The number of rotatable bonds is 9. The third kappa shape index (κ3) is 5.87. The van der Waals surface area contributed by atoms with Gasteiger partial charge in [-0.2, -0.15) is 0 Å². The SMILES string of the molecule is COc1ccccc1-c1ccccc1N1C=[N+](c2c(C(C)C)cc(C(C)C)cc2C(C)C)[C@@H](c2ccccc2)[C@@H]1c1ccccc1. The number of para-hydroxylation sites is 2. The first kappa shape index (κ1) is 31.4. The number of hydrogen-bond donors (Lipinski definition) is 0. The number of anilines is 1. The van der Waals surface area contributed by atoms with E-state index in [1.807, 2.05) is 12.1 Å². The van der Waals surface area contributed by atoms with Crippen molar-refractivity contribution >= 4 is 17.7 Å². The van der Waals surface area contributed by atoms with Gasteiger partial charge in [0.25, 0.3) is 0 Å². The topological polar surface area (TPSA) is 15.5 Å². The van der Waals surface area contributed by atoms with Gasteiger partial charge >= 0.3 is 0 Å². The van der Waals surface area contributed by atoms with Crippen molar-refractivity contribution in [3.8, 4) is 16.9 Å². The van der Waals surface area contributed by atoms with Crippen molar-refractivity contribution in [1.29, 1.82) is 0 Å². The van der Waals surface area contributed by atoms with Crippen LogP contribution in [0.1, 0.15) is 99.2 Å². The Bertz CT molecular complexity index is 1790. The lowest BCUT2D eigenvalue weighted by molar-refractivity contribution is -0.482. The summed E-state index contributed by atoms with van der Waals surface area (Å²) in [6, 6.07) is 44.2. The highest BCUT2D eigenvalue weighted by Crippen LogP contribution is 2.50. The summed E-state index contributed by atoms with van der Waals surface area (Å²) in [5, 5.41) is 0. The fraction of sp³-hybridized carbons (Fsp3) is 0.279. The highest BCUT2D eigenvalue weighted by molar-refractivity contribution is 5.91. The summed E-state index contributed by atoms with van der Waals surface area (Å²) in [5.74, 6) is 2.05. The smallest absolute Gasteiger partial charge is 0.245 e. The van der Waals surface area contributed by atoms with Crippen LogP contribution in [-0.2, 0) is 0 Å². The number of nitrogens with zero attached hydrogens (tertiary/aromatic N) is 2. The molecule has 1 aliphatic rings. The van der Waals surface area contributed by atoms with E-state index in [1.165, 1.54) is 33.5 Å². The second kappa shape index (κ2) is 13.4. The van der Waals surface area contributed by atoms with Crippen molar-refractivity contribution in [3.05, 3.63) is 149 Å². The lowest BCUT2D eigenvalue weighted by Crippen LogP contribution is -2.26. The van der Waals surface area contributed by atoms with Gasteiger partial charge in [0.1, 0.15) is 17.1 Å². The summed E-state index contributed by atoms with van der Waals surface area (Å²) in [6.07, 6.45) is 2.39. The summed E-state index contributed by atoms with van der Waals surface area (Å²) in [4.78, 5) is 2.51. The summed E-state index contributed by atoms with van der Waals surface area (Å²) in [7, 11) is 1.76. The Hall–Kier alpha value is -4.63. The molecule has 6 rings (SSSR count). The third-order valence-corrected chi connectivity index (χ3v) is 9.37. The number of methoxy groups -OCH3 is 1. The number of ether oxygens (including phenoxy) is 1. The van der Waals surface area contributed by atoms with Crippen LogP contribution in [0.3, 0.4) is 0 Å². The van der Waals surface area contributed by atoms with E-state index in [1.54, 1.807) is 7.11 Å². The molecule has 0 unspecified atom stereocenters. The predicted octanol–water partition coefficient (Wildman–Crippen LogP) is 11.4. The standard InChI is InChI=1S/C43H47N2O/c1-29(2)34-26-37(30(3)4)43(38(27-34)31(5)6)45-28-44(39-24-16-14-22-35(39)36-23-15-17-25-40(36)46-7)41(32-18-10-8-11-19-32)42(45)33-20-12-9-13-21-33/h8-31,41-42H,1-7H3/q+1/t41-,42-/m0/s1. The molecule has 0 fully saturated rings. The molecule has 2 atom stereocenters. The molecule has 0 saturated carbocycles. The minimum absolute atomic E-state index is 0.0178. The Morgan fingerprint density at radius 2 is 1.11 bits per heavy atom. The molecule has 5 aromatic rings. The van der Waals surface area contributed by atoms with Crippen LogP contribution in [0.4, 0.5) is 11.4 Å². The Morgan fingerprint density at radius 3 is 1.67 bits per heavy atom. The van der Waals surface area contributed by atoms with Gasteiger partial charge in [-0.1, -0.05) is 145 Å². The van der Waals surface area contributed by atoms with Crippen LogP contribution in [0.2, 0.25) is 0 Å². The highest BCUT2D eigenvalue weighted by Gasteiger charge is 2.47. The largest absolute Gasteiger partial charge is 0.496 e. The van der Waals surface area contributed by atoms with E-state index in [2.05, 4.69) is 167 Å². The van der Waals surface area contributed by atoms with Crippen LogP contribution in [0.25, 0.3) is 11.1 Å². The summed E-state index contributed by atoms with van der Waals surface area (Å²) >= 11 is 0. The van der Waals surface area contributed by atoms with E-state index < -0.39 is 0 Å². The maximum absolute atomic E-state index is 5.89. The quantitative estimate of drug-likeness (QED) is 0.155. The van der Waals surface area contributed by atoms with Crippen LogP contribution in [0.5, 0.6) is 5.75 Å². The molecule has 234 valence electrons. The molecule has 1 heterocycles. The molecule has 3 heteroatoms. The van der Waals surface area contributed by atoms with Crippen molar-refractivity contribution in [2.45, 2.75) is 71.4 Å². The van der Waals surface area contributed by atoms with Gasteiger partial charge in [-0.15, -0.1) is 0 Å². The minimum atomic E-state index is 0.0178. The predicted molar refractivity (Wildman–Crippen MR) is 194 cm³/mol. The molecule has 0 bridgehead atoms. The molecule has 0 aromatic heterocycles. The first-order valence-corrected chi connectivity index (χ1v) is 16.7. The number of benzene rings is 5. The number of hydrogen-bond acceptors (Lipinski definition) is 2. The lowest BCUT2D eigenvalue weighted by atomic mass is 9.85. The fourth-order valence-corrected chi connectivity index (χ4v) is 6.99. The average Bonchev–Trinajstić information content (AvgIpc) is 3.48. The van der Waals surface area contributed by atoms with Crippen LogP contribution < -0.4 is 9.64 Å². The molecule has 0 spiro atoms. The molecular weight excluding hydrogens is 560 g/mol. The zero-order chi connectivity index (χ0) is 32.4. The van der Waals surface area contributed by atoms with Crippen molar-refractivity contribution in [2.75, 3.05) is 12.0 Å². The van der Waals surface area contributed by atoms with Crippen molar-refractivity contribution in [2.24, 2.45) is 0 Å². The molecule has 3 nitrogen and oxygen atoms in total. The van der Waals surface area contributed by atoms with Gasteiger partial charge in [-0.25, -0.2) is 9.48 Å². The lowest BCUT2D eigenvalue weighted by Gasteiger charge is -2.27. The highest BCUT2D eigenvalue weighted by atomic mass is 16.5. The first-order chi connectivity index (χ1) is 22.3. The second-order valence-electron chi connectivity index (χ2n) is 13.4. The van der Waals surface area contributed by atoms with E-state index in [9.17, 15) is 0 Å². The molecule has 0 amide bonds. The maximum atomic E-state index is 5.89. The van der Waals surface area contributed by atoms with E-state index in [0.29, 0.717) is 17.8 Å². The molecular formula is C43H47N2O+. The van der Waals surface area contributed by atoms with Crippen LogP contribution in [0.15, 0.2) is 121 Å². The Balaban J connectivity index is 1.69. The fourth-order valence-electron chi connectivity index (χ4n) is 6.99. The van der Waals surface area contributed by atoms with Gasteiger partial charge in [-0.05, 0) is 41.5 Å². The Morgan fingerprint density at radius 1 is 0.587 bits per heavy atom. The third-order valence-electron chi connectivity index (χ3n) is 9.37. The molecule has 0 N–H and O–H groups in total. The van der Waals surface area contributed by atoms with Gasteiger partial charge in [0.15, 0.2) is 12.1 Å². The van der Waals surface area contributed by atoms with Crippen molar-refractivity contribution in [1.82, 2.24) is 0 Å². The molecule has 46 heavy (non-hydrogen) atoms. The Labute approximate surface area is 275 Å². The van der Waals surface area contributed by atoms with Gasteiger partial charge in [-0.3, -0.25) is 0 Å². The van der Waals surface area contributed by atoms with Crippen LogP contribution in [0, 0.1) is 0 Å². The van der Waals surface area contributed by atoms with E-state index in [-0.39, 0.29) is 12.1 Å². The van der Waals surface area contributed by atoms with Gasteiger partial charge in [0.2, 0.25) is 6.34 Å². The zero-order valence-corrected chi connectivity index (χ0v) is 28.3. The van der Waals surface area contributed by atoms with Crippen LogP contribution >= 0.6 is 0 Å². The second-order valence-corrected chi connectivity index (χ2v) is 13.4. The molecule has 5 aromatic carbocycles. The average molecular weight is 608 g/mol. The summed E-state index contributed by atoms with van der Waals surface area (Å²) < 4.78 is 8.48. The van der Waals surface area contributed by atoms with Gasteiger partial charge in [0, 0.05) is 33.4 Å². The molecule has 0 radical (unpaired) electrons. The minimum Gasteiger partial charge on any atom is -0.496 e. The van der Waals surface area contributed by atoms with Crippen LogP contribution in [-0.4, -0.2) is 18.0 Å². The maximum Gasteiger partial charge on any atom is 0.245 e. The molecule has 0 aliphatic carbocycles. The van der Waals surface area contributed by atoms with E-state index in [0.717, 1.165) is 22.6 Å². The van der Waals surface area contributed by atoms with Gasteiger partial charge in [0.05, 0.1) is 7.11 Å². The monoisotopic (exact) mass is 607 g/mol. The van der Waals surface area contributed by atoms with Gasteiger partial charge < -0.3 is 4.74 Å². The van der Waals surface area contributed by atoms with E-state index >= 15 is 0 Å². The van der Waals surface area contributed by atoms with Crippen molar-refractivity contribution in [3.63, 3.8) is 0 Å². The zero-order valence-electron chi connectivity index (χ0n) is 28.3. The van der Waals surface area contributed by atoms with E-state index in [4.69, 9.17) is 4.74 Å². The normalized spacial score (nSPS) is 16.4. The first-order valence-electron chi connectivity index (χ1n) is 16.7. The summed E-state index contributed by atoms with van der Waals surface area (Å²) in [6.45, 7) is 14.0.